The van der Waals surface area contributed by atoms with Crippen LogP contribution in [-0.4, -0.2) is 29.7 Å². The molecule has 4 nitrogen and oxygen atoms in total. The summed E-state index contributed by atoms with van der Waals surface area (Å²) in [5.41, 5.74) is 4.69. The summed E-state index contributed by atoms with van der Waals surface area (Å²) < 4.78 is 0. The van der Waals surface area contributed by atoms with Gasteiger partial charge in [-0.3, -0.25) is 9.79 Å². The van der Waals surface area contributed by atoms with E-state index in [4.69, 9.17) is 0 Å². The Bertz CT molecular complexity index is 719. The Labute approximate surface area is 131 Å². The maximum atomic E-state index is 12.3. The van der Waals surface area contributed by atoms with Crippen LogP contribution in [0.1, 0.15) is 27.2 Å². The quantitative estimate of drug-likeness (QED) is 0.698. The highest BCUT2D eigenvalue weighted by Crippen LogP contribution is 2.43. The number of aliphatic imine (C=N–C) groups is 1. The predicted octanol–water partition coefficient (Wildman–Crippen LogP) is 2.53. The van der Waals surface area contributed by atoms with E-state index in [0.29, 0.717) is 18.3 Å². The normalized spacial score (nSPS) is 35.0. The molecule has 1 amide bonds. The van der Waals surface area contributed by atoms with Gasteiger partial charge in [0.1, 0.15) is 0 Å². The van der Waals surface area contributed by atoms with Crippen LogP contribution >= 0.6 is 0 Å². The van der Waals surface area contributed by atoms with E-state index in [0.717, 1.165) is 18.7 Å². The average molecular weight is 295 g/mol. The van der Waals surface area contributed by atoms with Crippen LogP contribution in [0.5, 0.6) is 0 Å². The molecule has 22 heavy (non-hydrogen) atoms. The summed E-state index contributed by atoms with van der Waals surface area (Å²) in [5.74, 6) is 0.920. The molecule has 2 aliphatic heterocycles. The SMILES string of the molecule is CC1/C=C\C(C)(C)/C=C2/C3=C(C/C2=C/1)N1CCN=C1C(=O)N3. The molecule has 4 heteroatoms. The molecule has 0 aromatic heterocycles. The van der Waals surface area contributed by atoms with Gasteiger partial charge in [-0.25, -0.2) is 0 Å². The Kier molecular flexibility index (Phi) is 2.74. The fraction of sp³-hybridized carbons (Fsp3) is 0.444. The molecule has 0 saturated heterocycles. The predicted molar refractivity (Wildman–Crippen MR) is 87.0 cm³/mol. The molecule has 0 fully saturated rings. The fourth-order valence-corrected chi connectivity index (χ4v) is 3.63. The first-order chi connectivity index (χ1) is 10.4. The van der Waals surface area contributed by atoms with E-state index in [9.17, 15) is 4.79 Å². The standard InChI is InChI=1S/C18H21N3O/c1-11-4-5-18(2,3)10-13-12(8-11)9-14-15(13)20-17(22)16-19-6-7-21(14)16/h4-5,8,10-11H,6-7,9H2,1-3H3,(H,20,22)/b5-4-,12-8-,13-10+. The number of nitrogens with one attached hydrogen (secondary N) is 1. The van der Waals surface area contributed by atoms with Gasteiger partial charge in [-0.1, -0.05) is 45.1 Å². The third-order valence-electron chi connectivity index (χ3n) is 4.68. The fourth-order valence-electron chi connectivity index (χ4n) is 3.63. The number of hydrogen-bond donors (Lipinski definition) is 1. The molecule has 0 aromatic rings. The van der Waals surface area contributed by atoms with Crippen molar-refractivity contribution in [3.8, 4) is 0 Å². The summed E-state index contributed by atoms with van der Waals surface area (Å²) >= 11 is 0. The van der Waals surface area contributed by atoms with Crippen molar-refractivity contribution in [3.63, 3.8) is 0 Å². The number of nitrogens with zero attached hydrogens (tertiary/aromatic N) is 2. The summed E-state index contributed by atoms with van der Waals surface area (Å²) in [5, 5.41) is 3.08. The van der Waals surface area contributed by atoms with Gasteiger partial charge in [0.25, 0.3) is 5.91 Å². The van der Waals surface area contributed by atoms with Gasteiger partial charge < -0.3 is 10.2 Å². The van der Waals surface area contributed by atoms with E-state index in [2.05, 4.69) is 60.3 Å². The molecule has 0 radical (unpaired) electrons. The van der Waals surface area contributed by atoms with Gasteiger partial charge in [-0.05, 0) is 17.1 Å². The minimum absolute atomic E-state index is 0.0182. The number of carbonyl (C=O) groups excluding carboxylic acids is 1. The topological polar surface area (TPSA) is 44.7 Å². The Morgan fingerprint density at radius 1 is 1.41 bits per heavy atom. The van der Waals surface area contributed by atoms with Gasteiger partial charge in [0.15, 0.2) is 5.84 Å². The molecule has 1 N–H and O–H groups in total. The molecular weight excluding hydrogens is 274 g/mol. The van der Waals surface area contributed by atoms with E-state index in [1.165, 1.54) is 16.8 Å². The summed E-state index contributed by atoms with van der Waals surface area (Å²) in [6.07, 6.45) is 9.99. The lowest BCUT2D eigenvalue weighted by molar-refractivity contribution is -0.115. The molecular formula is C18H21N3O. The smallest absolute Gasteiger partial charge is 0.291 e. The highest BCUT2D eigenvalue weighted by atomic mass is 16.2. The van der Waals surface area contributed by atoms with E-state index >= 15 is 0 Å². The van der Waals surface area contributed by atoms with Crippen molar-refractivity contribution in [3.05, 3.63) is 46.8 Å². The lowest BCUT2D eigenvalue weighted by Crippen LogP contribution is -2.45. The van der Waals surface area contributed by atoms with Gasteiger partial charge in [0.2, 0.25) is 0 Å². The van der Waals surface area contributed by atoms with Crippen molar-refractivity contribution in [1.82, 2.24) is 10.2 Å². The number of allylic oxidation sites excluding steroid dienone is 6. The summed E-state index contributed by atoms with van der Waals surface area (Å²) in [6, 6.07) is 0. The van der Waals surface area contributed by atoms with Crippen LogP contribution < -0.4 is 5.32 Å². The molecule has 1 unspecified atom stereocenters. The summed E-state index contributed by atoms with van der Waals surface area (Å²) in [6.45, 7) is 8.15. The molecule has 2 aliphatic carbocycles. The van der Waals surface area contributed by atoms with E-state index < -0.39 is 0 Å². The largest absolute Gasteiger partial charge is 0.322 e. The molecule has 114 valence electrons. The number of carbonyl (C=O) groups is 1. The molecule has 4 aliphatic rings. The Hall–Kier alpha value is -2.10. The van der Waals surface area contributed by atoms with Gasteiger partial charge in [0.05, 0.1) is 12.2 Å². The zero-order chi connectivity index (χ0) is 15.5. The second-order valence-electron chi connectivity index (χ2n) is 7.10. The number of fused-ring (bicyclic) bond motifs is 4. The summed E-state index contributed by atoms with van der Waals surface area (Å²) in [4.78, 5) is 18.7. The van der Waals surface area contributed by atoms with E-state index in [-0.39, 0.29) is 11.3 Å². The first kappa shape index (κ1) is 13.6. The van der Waals surface area contributed by atoms with Crippen LogP contribution in [0.25, 0.3) is 0 Å². The van der Waals surface area contributed by atoms with Crippen LogP contribution in [0.3, 0.4) is 0 Å². The third-order valence-corrected chi connectivity index (χ3v) is 4.68. The third kappa shape index (κ3) is 1.97. The highest BCUT2D eigenvalue weighted by Gasteiger charge is 2.40. The number of rotatable bonds is 0. The van der Waals surface area contributed by atoms with Crippen molar-refractivity contribution in [2.45, 2.75) is 27.2 Å². The Morgan fingerprint density at radius 2 is 2.23 bits per heavy atom. The minimum Gasteiger partial charge on any atom is -0.322 e. The highest BCUT2D eigenvalue weighted by molar-refractivity contribution is 6.39. The van der Waals surface area contributed by atoms with Gasteiger partial charge in [-0.15, -0.1) is 0 Å². The van der Waals surface area contributed by atoms with Crippen molar-refractivity contribution in [1.29, 1.82) is 0 Å². The zero-order valence-corrected chi connectivity index (χ0v) is 13.3. The first-order valence-electron chi connectivity index (χ1n) is 7.95. The van der Waals surface area contributed by atoms with Crippen molar-refractivity contribution in [2.24, 2.45) is 16.3 Å². The maximum absolute atomic E-state index is 12.3. The monoisotopic (exact) mass is 295 g/mol. The zero-order valence-electron chi connectivity index (χ0n) is 13.3. The van der Waals surface area contributed by atoms with Crippen LogP contribution in [0.4, 0.5) is 0 Å². The van der Waals surface area contributed by atoms with Crippen LogP contribution in [0, 0.1) is 11.3 Å². The minimum atomic E-state index is -0.0677. The summed E-state index contributed by atoms with van der Waals surface area (Å²) in [7, 11) is 0. The maximum Gasteiger partial charge on any atom is 0.291 e. The lowest BCUT2D eigenvalue weighted by Gasteiger charge is -2.27. The molecule has 0 aromatic carbocycles. The number of amidine groups is 1. The average Bonchev–Trinajstić information content (AvgIpc) is 3.03. The van der Waals surface area contributed by atoms with Gasteiger partial charge in [0, 0.05) is 24.1 Å². The van der Waals surface area contributed by atoms with Crippen LogP contribution in [0.15, 0.2) is 51.8 Å². The van der Waals surface area contributed by atoms with Crippen LogP contribution in [-0.2, 0) is 4.79 Å². The Morgan fingerprint density at radius 3 is 3.05 bits per heavy atom. The molecule has 0 spiro atoms. The van der Waals surface area contributed by atoms with E-state index in [1.54, 1.807) is 0 Å². The van der Waals surface area contributed by atoms with Crippen molar-refractivity contribution >= 4 is 11.7 Å². The molecule has 0 saturated carbocycles. The van der Waals surface area contributed by atoms with Crippen molar-refractivity contribution < 1.29 is 4.79 Å². The molecule has 2 heterocycles. The number of amides is 1. The van der Waals surface area contributed by atoms with Gasteiger partial charge >= 0.3 is 0 Å². The Balaban J connectivity index is 1.86. The number of hydrogen-bond acceptors (Lipinski definition) is 3. The molecule has 1 atom stereocenters. The van der Waals surface area contributed by atoms with E-state index in [1.807, 2.05) is 0 Å². The second kappa shape index (κ2) is 4.45. The molecule has 4 rings (SSSR count). The van der Waals surface area contributed by atoms with Crippen molar-refractivity contribution in [2.75, 3.05) is 13.1 Å². The lowest BCUT2D eigenvalue weighted by atomic mass is 9.84. The first-order valence-corrected chi connectivity index (χ1v) is 7.95. The van der Waals surface area contributed by atoms with Crippen LogP contribution in [0.2, 0.25) is 0 Å². The second-order valence-corrected chi connectivity index (χ2v) is 7.10. The molecule has 0 bridgehead atoms. The van der Waals surface area contributed by atoms with Gasteiger partial charge in [-0.2, -0.15) is 0 Å².